The lowest BCUT2D eigenvalue weighted by Gasteiger charge is -2.16. The third-order valence-electron chi connectivity index (χ3n) is 3.32. The second-order valence-corrected chi connectivity index (χ2v) is 5.65. The Labute approximate surface area is 106 Å². The van der Waals surface area contributed by atoms with Crippen LogP contribution in [0.15, 0.2) is 5.03 Å². The summed E-state index contributed by atoms with van der Waals surface area (Å²) in [4.78, 5) is 0. The molecule has 5 heteroatoms. The molecule has 2 N–H and O–H groups in total. The molecule has 2 rings (SSSR count). The average molecular weight is 253 g/mol. The number of ether oxygens (including phenoxy) is 1. The van der Waals surface area contributed by atoms with E-state index in [1.165, 1.54) is 0 Å². The van der Waals surface area contributed by atoms with Crippen LogP contribution in [0.25, 0.3) is 0 Å². The fraction of sp³-hybridized carbons (Fsp3) is 0.667. The summed E-state index contributed by atoms with van der Waals surface area (Å²) in [6.07, 6.45) is 1.36. The van der Waals surface area contributed by atoms with Crippen molar-refractivity contribution in [3.8, 4) is 0 Å². The predicted octanol–water partition coefficient (Wildman–Crippen LogP) is 1.82. The molecule has 0 aromatic carbocycles. The summed E-state index contributed by atoms with van der Waals surface area (Å²) in [5, 5.41) is 9.91. The lowest BCUT2D eigenvalue weighted by Crippen LogP contribution is -2.15. The standard InChI is InChI=1S/C12H19N3OS/c1-7-8(2)14-15-12(10(7)6-13)17-11-4-5-16-9(11)3/h9,11H,4-6,13H2,1-3H3. The number of hydrogen-bond donors (Lipinski definition) is 1. The molecule has 0 spiro atoms. The zero-order chi connectivity index (χ0) is 12.4. The Bertz CT molecular complexity index is 411. The van der Waals surface area contributed by atoms with E-state index in [0.717, 1.165) is 34.9 Å². The van der Waals surface area contributed by atoms with Gasteiger partial charge in [0.2, 0.25) is 0 Å². The maximum Gasteiger partial charge on any atom is 0.124 e. The van der Waals surface area contributed by atoms with Crippen LogP contribution in [0, 0.1) is 13.8 Å². The van der Waals surface area contributed by atoms with Crippen LogP contribution in [-0.4, -0.2) is 28.2 Å². The highest BCUT2D eigenvalue weighted by Gasteiger charge is 2.27. The van der Waals surface area contributed by atoms with Gasteiger partial charge >= 0.3 is 0 Å². The number of rotatable bonds is 3. The molecule has 0 bridgehead atoms. The predicted molar refractivity (Wildman–Crippen MR) is 69.1 cm³/mol. The minimum absolute atomic E-state index is 0.286. The Morgan fingerprint density at radius 1 is 1.41 bits per heavy atom. The lowest BCUT2D eigenvalue weighted by atomic mass is 10.1. The molecule has 0 saturated carbocycles. The molecule has 1 aliphatic heterocycles. The number of thioether (sulfide) groups is 1. The van der Waals surface area contributed by atoms with E-state index in [-0.39, 0.29) is 6.10 Å². The topological polar surface area (TPSA) is 61.0 Å². The van der Waals surface area contributed by atoms with E-state index >= 15 is 0 Å². The van der Waals surface area contributed by atoms with E-state index in [0.29, 0.717) is 11.8 Å². The number of nitrogens with two attached hydrogens (primary N) is 1. The molecule has 94 valence electrons. The molecule has 17 heavy (non-hydrogen) atoms. The Balaban J connectivity index is 2.23. The highest BCUT2D eigenvalue weighted by Crippen LogP contribution is 2.33. The maximum atomic E-state index is 5.82. The molecule has 1 aromatic rings. The van der Waals surface area contributed by atoms with Crippen LogP contribution in [-0.2, 0) is 11.3 Å². The monoisotopic (exact) mass is 253 g/mol. The Morgan fingerprint density at radius 2 is 2.18 bits per heavy atom. The van der Waals surface area contributed by atoms with Crippen LogP contribution in [0.1, 0.15) is 30.2 Å². The molecule has 4 nitrogen and oxygen atoms in total. The highest BCUT2D eigenvalue weighted by atomic mass is 32.2. The van der Waals surface area contributed by atoms with E-state index < -0.39 is 0 Å². The van der Waals surface area contributed by atoms with Crippen molar-refractivity contribution >= 4 is 11.8 Å². The van der Waals surface area contributed by atoms with Gasteiger partial charge in [0.25, 0.3) is 0 Å². The third-order valence-corrected chi connectivity index (χ3v) is 4.79. The lowest BCUT2D eigenvalue weighted by molar-refractivity contribution is 0.127. The van der Waals surface area contributed by atoms with Crippen molar-refractivity contribution in [2.75, 3.05) is 6.61 Å². The summed E-state index contributed by atoms with van der Waals surface area (Å²) in [6.45, 7) is 7.50. The van der Waals surface area contributed by atoms with Crippen LogP contribution in [0.5, 0.6) is 0 Å². The first kappa shape index (κ1) is 12.8. The smallest absolute Gasteiger partial charge is 0.124 e. The summed E-state index contributed by atoms with van der Waals surface area (Å²) in [7, 11) is 0. The van der Waals surface area contributed by atoms with E-state index in [9.17, 15) is 0 Å². The van der Waals surface area contributed by atoms with Gasteiger partial charge in [0, 0.05) is 24.0 Å². The zero-order valence-electron chi connectivity index (χ0n) is 10.6. The van der Waals surface area contributed by atoms with Crippen molar-refractivity contribution in [3.05, 3.63) is 16.8 Å². The molecule has 0 aliphatic carbocycles. The average Bonchev–Trinajstić information content (AvgIpc) is 2.70. The molecule has 1 aromatic heterocycles. The molecular formula is C12H19N3OS. The van der Waals surface area contributed by atoms with Crippen molar-refractivity contribution in [2.45, 2.75) is 50.1 Å². The Kier molecular flexibility index (Phi) is 4.01. The van der Waals surface area contributed by atoms with Gasteiger partial charge in [-0.2, -0.15) is 5.10 Å². The Hall–Kier alpha value is -0.650. The molecule has 2 unspecified atom stereocenters. The SMILES string of the molecule is Cc1nnc(SC2CCOC2C)c(CN)c1C. The molecule has 2 atom stereocenters. The van der Waals surface area contributed by atoms with Crippen molar-refractivity contribution < 1.29 is 4.74 Å². The number of aryl methyl sites for hydroxylation is 1. The quantitative estimate of drug-likeness (QED) is 0.890. The summed E-state index contributed by atoms with van der Waals surface area (Å²) < 4.78 is 5.56. The van der Waals surface area contributed by atoms with Gasteiger partial charge in [-0.15, -0.1) is 5.10 Å². The molecule has 2 heterocycles. The van der Waals surface area contributed by atoms with Crippen molar-refractivity contribution in [1.82, 2.24) is 10.2 Å². The Morgan fingerprint density at radius 3 is 2.76 bits per heavy atom. The van der Waals surface area contributed by atoms with Crippen LogP contribution in [0.2, 0.25) is 0 Å². The molecule has 0 radical (unpaired) electrons. The maximum absolute atomic E-state index is 5.82. The van der Waals surface area contributed by atoms with Gasteiger partial charge in [0.1, 0.15) is 5.03 Å². The van der Waals surface area contributed by atoms with Gasteiger partial charge in [-0.1, -0.05) is 11.8 Å². The summed E-state index contributed by atoms with van der Waals surface area (Å²) in [6, 6.07) is 0. The first-order valence-corrected chi connectivity index (χ1v) is 6.82. The summed E-state index contributed by atoms with van der Waals surface area (Å²) >= 11 is 1.75. The van der Waals surface area contributed by atoms with Crippen LogP contribution in [0.3, 0.4) is 0 Å². The minimum Gasteiger partial charge on any atom is -0.377 e. The molecule has 1 aliphatic rings. The van der Waals surface area contributed by atoms with E-state index in [1.54, 1.807) is 11.8 Å². The third kappa shape index (κ3) is 2.61. The van der Waals surface area contributed by atoms with Crippen molar-refractivity contribution in [1.29, 1.82) is 0 Å². The molecule has 1 saturated heterocycles. The second-order valence-electron chi connectivity index (χ2n) is 4.42. The molecular weight excluding hydrogens is 234 g/mol. The van der Waals surface area contributed by atoms with E-state index in [4.69, 9.17) is 10.5 Å². The first-order chi connectivity index (χ1) is 8.13. The van der Waals surface area contributed by atoms with Crippen LogP contribution < -0.4 is 5.73 Å². The number of hydrogen-bond acceptors (Lipinski definition) is 5. The molecule has 1 fully saturated rings. The van der Waals surface area contributed by atoms with Gasteiger partial charge < -0.3 is 10.5 Å². The summed E-state index contributed by atoms with van der Waals surface area (Å²) in [5.74, 6) is 0. The van der Waals surface area contributed by atoms with Crippen molar-refractivity contribution in [2.24, 2.45) is 5.73 Å². The number of nitrogens with zero attached hydrogens (tertiary/aromatic N) is 2. The fourth-order valence-electron chi connectivity index (χ4n) is 1.98. The largest absolute Gasteiger partial charge is 0.377 e. The molecule has 0 amide bonds. The summed E-state index contributed by atoms with van der Waals surface area (Å²) in [5.41, 5.74) is 9.07. The highest BCUT2D eigenvalue weighted by molar-refractivity contribution is 8.00. The minimum atomic E-state index is 0.286. The number of aromatic nitrogens is 2. The zero-order valence-corrected chi connectivity index (χ0v) is 11.4. The van der Waals surface area contributed by atoms with Gasteiger partial charge in [0.05, 0.1) is 11.8 Å². The normalized spacial score (nSPS) is 24.2. The van der Waals surface area contributed by atoms with Crippen molar-refractivity contribution in [3.63, 3.8) is 0 Å². The first-order valence-electron chi connectivity index (χ1n) is 5.94. The van der Waals surface area contributed by atoms with E-state index in [2.05, 4.69) is 24.0 Å². The van der Waals surface area contributed by atoms with Crippen LogP contribution >= 0.6 is 11.8 Å². The van der Waals surface area contributed by atoms with E-state index in [1.807, 2.05) is 6.92 Å². The fourth-order valence-corrected chi connectivity index (χ4v) is 3.22. The second kappa shape index (κ2) is 5.33. The van der Waals surface area contributed by atoms with Gasteiger partial charge in [0.15, 0.2) is 0 Å². The van der Waals surface area contributed by atoms with Gasteiger partial charge in [-0.3, -0.25) is 0 Å². The van der Waals surface area contributed by atoms with Gasteiger partial charge in [-0.05, 0) is 32.8 Å². The van der Waals surface area contributed by atoms with Gasteiger partial charge in [-0.25, -0.2) is 0 Å². The van der Waals surface area contributed by atoms with Crippen LogP contribution in [0.4, 0.5) is 0 Å².